The molecular weight excluding hydrogens is 221 g/mol. The fraction of sp³-hybridized carbons (Fsp3) is 0.462. The molecule has 0 aliphatic carbocycles. The van der Waals surface area contributed by atoms with E-state index in [0.29, 0.717) is 0 Å². The Hall–Kier alpha value is -1.58. The van der Waals surface area contributed by atoms with Crippen molar-refractivity contribution in [3.8, 4) is 0 Å². The second kappa shape index (κ2) is 6.89. The van der Waals surface area contributed by atoms with E-state index in [1.54, 1.807) is 32.3 Å². The van der Waals surface area contributed by atoms with Gasteiger partial charge in [0.1, 0.15) is 11.4 Å². The molecule has 0 aliphatic rings. The maximum absolute atomic E-state index is 11.9. The van der Waals surface area contributed by atoms with Crippen LogP contribution in [0, 0.1) is 5.82 Å². The number of nitrogens with zero attached hydrogens (tertiary/aromatic N) is 1. The van der Waals surface area contributed by atoms with Crippen molar-refractivity contribution in [2.24, 2.45) is 0 Å². The molecular formula is C13H20FNO2. The van der Waals surface area contributed by atoms with Gasteiger partial charge in [0, 0.05) is 14.1 Å². The van der Waals surface area contributed by atoms with Crippen LogP contribution in [0.3, 0.4) is 0 Å². The molecule has 96 valence electrons. The van der Waals surface area contributed by atoms with Crippen LogP contribution in [0.2, 0.25) is 0 Å². The lowest BCUT2D eigenvalue weighted by molar-refractivity contribution is 0.0341. The summed E-state index contributed by atoms with van der Waals surface area (Å²) >= 11 is 0. The predicted octanol–water partition coefficient (Wildman–Crippen LogP) is 3.31. The molecule has 0 unspecified atom stereocenters. The van der Waals surface area contributed by atoms with E-state index in [2.05, 4.69) is 0 Å². The molecule has 0 atom stereocenters. The molecule has 1 rings (SSSR count). The Morgan fingerprint density at radius 1 is 1.18 bits per heavy atom. The summed E-state index contributed by atoms with van der Waals surface area (Å²) < 4.78 is 16.9. The minimum absolute atomic E-state index is 0.178. The zero-order chi connectivity index (χ0) is 13.5. The van der Waals surface area contributed by atoms with Crippen molar-refractivity contribution in [3.63, 3.8) is 0 Å². The van der Waals surface area contributed by atoms with E-state index in [1.807, 2.05) is 20.8 Å². The third-order valence-corrected chi connectivity index (χ3v) is 1.49. The summed E-state index contributed by atoms with van der Waals surface area (Å²) in [7, 11) is 3.32. The third kappa shape index (κ3) is 9.35. The van der Waals surface area contributed by atoms with Crippen molar-refractivity contribution in [2.75, 3.05) is 14.1 Å². The number of carbonyl (C=O) groups excluding carboxylic acids is 1. The van der Waals surface area contributed by atoms with Crippen molar-refractivity contribution >= 4 is 6.09 Å². The molecule has 0 spiro atoms. The first-order valence-electron chi connectivity index (χ1n) is 5.33. The number of hydrogen-bond acceptors (Lipinski definition) is 2. The second-order valence-electron chi connectivity index (χ2n) is 4.67. The van der Waals surface area contributed by atoms with Crippen molar-refractivity contribution in [2.45, 2.75) is 26.4 Å². The summed E-state index contributed by atoms with van der Waals surface area (Å²) in [5.41, 5.74) is -0.388. The highest BCUT2D eigenvalue weighted by molar-refractivity contribution is 5.67. The van der Waals surface area contributed by atoms with Gasteiger partial charge in [-0.05, 0) is 32.9 Å². The molecule has 0 heterocycles. The smallest absolute Gasteiger partial charge is 0.409 e. The number of halogens is 1. The van der Waals surface area contributed by atoms with Crippen LogP contribution >= 0.6 is 0 Å². The Morgan fingerprint density at radius 2 is 1.65 bits per heavy atom. The summed E-state index contributed by atoms with van der Waals surface area (Å²) in [6, 6.07) is 7.94. The molecule has 0 saturated heterocycles. The lowest BCUT2D eigenvalue weighted by Crippen LogP contribution is -2.31. The quantitative estimate of drug-likeness (QED) is 0.697. The van der Waals surface area contributed by atoms with E-state index >= 15 is 0 Å². The lowest BCUT2D eigenvalue weighted by atomic mass is 10.2. The van der Waals surface area contributed by atoms with Crippen molar-refractivity contribution in [1.82, 2.24) is 4.90 Å². The summed E-state index contributed by atoms with van der Waals surface area (Å²) in [5, 5.41) is 0. The average molecular weight is 241 g/mol. The molecule has 0 radical (unpaired) electrons. The first-order chi connectivity index (χ1) is 7.72. The zero-order valence-corrected chi connectivity index (χ0v) is 11.0. The van der Waals surface area contributed by atoms with Crippen LogP contribution in [-0.2, 0) is 4.74 Å². The Bertz CT molecular complexity index is 331. The Balaban J connectivity index is 0.000000318. The second-order valence-corrected chi connectivity index (χ2v) is 4.67. The highest BCUT2D eigenvalue weighted by Gasteiger charge is 2.16. The van der Waals surface area contributed by atoms with Crippen LogP contribution in [0.25, 0.3) is 0 Å². The molecule has 0 aliphatic heterocycles. The number of carbonyl (C=O) groups is 1. The normalized spacial score (nSPS) is 10.0. The number of hydrogen-bond donors (Lipinski definition) is 0. The van der Waals surface area contributed by atoms with Crippen LogP contribution in [0.5, 0.6) is 0 Å². The molecule has 17 heavy (non-hydrogen) atoms. The van der Waals surface area contributed by atoms with Gasteiger partial charge in [0.25, 0.3) is 0 Å². The van der Waals surface area contributed by atoms with Crippen LogP contribution in [-0.4, -0.2) is 30.7 Å². The maximum atomic E-state index is 11.9. The van der Waals surface area contributed by atoms with E-state index in [-0.39, 0.29) is 17.5 Å². The standard InChI is InChI=1S/C7H15NO2.C6H5F/c1-7(2,3)10-6(9)8(4)5;7-6-4-2-1-3-5-6/h1-5H3;1-5H. The van der Waals surface area contributed by atoms with E-state index in [9.17, 15) is 9.18 Å². The number of rotatable bonds is 0. The van der Waals surface area contributed by atoms with Crippen molar-refractivity contribution < 1.29 is 13.9 Å². The highest BCUT2D eigenvalue weighted by Crippen LogP contribution is 2.07. The summed E-state index contributed by atoms with van der Waals surface area (Å²) in [6.45, 7) is 5.52. The van der Waals surface area contributed by atoms with Crippen molar-refractivity contribution in [3.05, 3.63) is 36.1 Å². The van der Waals surface area contributed by atoms with Gasteiger partial charge in [-0.1, -0.05) is 18.2 Å². The van der Waals surface area contributed by atoms with Crippen molar-refractivity contribution in [1.29, 1.82) is 0 Å². The van der Waals surface area contributed by atoms with Gasteiger partial charge in [0.2, 0.25) is 0 Å². The first-order valence-corrected chi connectivity index (χ1v) is 5.33. The predicted molar refractivity (Wildman–Crippen MR) is 66.3 cm³/mol. The maximum Gasteiger partial charge on any atom is 0.409 e. The van der Waals surface area contributed by atoms with Gasteiger partial charge >= 0.3 is 6.09 Å². The van der Waals surface area contributed by atoms with Gasteiger partial charge in [0.05, 0.1) is 0 Å². The highest BCUT2D eigenvalue weighted by atomic mass is 19.1. The van der Waals surface area contributed by atoms with Crippen LogP contribution in [0.15, 0.2) is 30.3 Å². The van der Waals surface area contributed by atoms with Gasteiger partial charge in [-0.25, -0.2) is 9.18 Å². The lowest BCUT2D eigenvalue weighted by Gasteiger charge is -2.22. The molecule has 1 amide bonds. The molecule has 0 aromatic heterocycles. The monoisotopic (exact) mass is 241 g/mol. The SMILES string of the molecule is CN(C)C(=O)OC(C)(C)C.Fc1ccccc1. The van der Waals surface area contributed by atoms with E-state index in [1.165, 1.54) is 17.0 Å². The number of benzene rings is 1. The summed E-state index contributed by atoms with van der Waals surface area (Å²) in [5.74, 6) is -0.178. The largest absolute Gasteiger partial charge is 0.444 e. The van der Waals surface area contributed by atoms with E-state index < -0.39 is 0 Å². The van der Waals surface area contributed by atoms with Crippen LogP contribution in [0.1, 0.15) is 20.8 Å². The third-order valence-electron chi connectivity index (χ3n) is 1.49. The Labute approximate surface area is 102 Å². The Morgan fingerprint density at radius 3 is 1.82 bits per heavy atom. The van der Waals surface area contributed by atoms with Gasteiger partial charge in [0.15, 0.2) is 0 Å². The molecule has 3 nitrogen and oxygen atoms in total. The molecule has 1 aromatic rings. The van der Waals surface area contributed by atoms with Crippen LogP contribution in [0.4, 0.5) is 9.18 Å². The van der Waals surface area contributed by atoms with E-state index in [0.717, 1.165) is 0 Å². The van der Waals surface area contributed by atoms with Gasteiger partial charge in [-0.3, -0.25) is 0 Å². The fourth-order valence-electron chi connectivity index (χ4n) is 0.768. The molecule has 0 N–H and O–H groups in total. The fourth-order valence-corrected chi connectivity index (χ4v) is 0.768. The Kier molecular flexibility index (Phi) is 6.25. The van der Waals surface area contributed by atoms with Gasteiger partial charge in [-0.2, -0.15) is 0 Å². The number of ether oxygens (including phenoxy) is 1. The van der Waals surface area contributed by atoms with E-state index in [4.69, 9.17) is 4.74 Å². The molecule has 0 fully saturated rings. The summed E-state index contributed by atoms with van der Waals surface area (Å²) in [6.07, 6.45) is -0.299. The minimum Gasteiger partial charge on any atom is -0.444 e. The molecule has 1 aromatic carbocycles. The van der Waals surface area contributed by atoms with Gasteiger partial charge < -0.3 is 9.64 Å². The first kappa shape index (κ1) is 15.4. The number of amides is 1. The summed E-state index contributed by atoms with van der Waals surface area (Å²) in [4.78, 5) is 12.3. The molecule has 4 heteroatoms. The molecule has 0 saturated carbocycles. The minimum atomic E-state index is -0.388. The van der Waals surface area contributed by atoms with Gasteiger partial charge in [-0.15, -0.1) is 0 Å². The topological polar surface area (TPSA) is 29.5 Å². The molecule has 0 bridgehead atoms. The van der Waals surface area contributed by atoms with Crippen LogP contribution < -0.4 is 0 Å². The average Bonchev–Trinajstić information content (AvgIpc) is 2.17. The zero-order valence-electron chi connectivity index (χ0n) is 11.0.